The Morgan fingerprint density at radius 2 is 1.94 bits per heavy atom. The summed E-state index contributed by atoms with van der Waals surface area (Å²) < 4.78 is 39.7. The third-order valence-electron chi connectivity index (χ3n) is 5.10. The third-order valence-corrected chi connectivity index (χ3v) is 6.00. The fraction of sp³-hybridized carbons (Fsp3) is 0.524. The first kappa shape index (κ1) is 26.2. The summed E-state index contributed by atoms with van der Waals surface area (Å²) in [6.45, 7) is 3.25. The number of nitrogens with zero attached hydrogens (tertiary/aromatic N) is 2. The van der Waals surface area contributed by atoms with Crippen molar-refractivity contribution >= 4 is 34.8 Å². The first-order valence-electron chi connectivity index (χ1n) is 10.4. The zero-order valence-electron chi connectivity index (χ0n) is 17.7. The standard InChI is InChI=1S/C21H28F2N4O3S.ClH/c22-15-7-6-14(16-13-31-21(26-16)27-9-11-29-12-10-27)19(18(15)23)30-17(20(25)28)5-3-1-2-4-8-24;/h6-7,13,17H,1-5,8-12,24H2,(H2,25,28);1H. The van der Waals surface area contributed by atoms with Crippen LogP contribution in [0.15, 0.2) is 17.5 Å². The van der Waals surface area contributed by atoms with Crippen molar-refractivity contribution in [3.05, 3.63) is 29.1 Å². The Morgan fingerprint density at radius 3 is 2.62 bits per heavy atom. The molecule has 1 amide bonds. The Labute approximate surface area is 196 Å². The second-order valence-corrected chi connectivity index (χ2v) is 8.19. The maximum Gasteiger partial charge on any atom is 0.258 e. The van der Waals surface area contributed by atoms with Gasteiger partial charge >= 0.3 is 0 Å². The number of hydrogen-bond acceptors (Lipinski definition) is 7. The van der Waals surface area contributed by atoms with E-state index in [1.807, 2.05) is 0 Å². The molecule has 0 spiro atoms. The van der Waals surface area contributed by atoms with E-state index in [2.05, 4.69) is 9.88 Å². The van der Waals surface area contributed by atoms with Gasteiger partial charge in [0, 0.05) is 24.0 Å². The van der Waals surface area contributed by atoms with Crippen molar-refractivity contribution in [2.24, 2.45) is 11.5 Å². The summed E-state index contributed by atoms with van der Waals surface area (Å²) in [6.07, 6.45) is 2.57. The Bertz CT molecular complexity index is 881. The average Bonchev–Trinajstić information content (AvgIpc) is 3.26. The highest BCUT2D eigenvalue weighted by atomic mass is 35.5. The van der Waals surface area contributed by atoms with Crippen LogP contribution < -0.4 is 21.1 Å². The molecule has 0 radical (unpaired) electrons. The van der Waals surface area contributed by atoms with Crippen molar-refractivity contribution in [3.8, 4) is 17.0 Å². The minimum atomic E-state index is -1.16. The molecule has 1 aliphatic rings. The molecule has 1 unspecified atom stereocenters. The quantitative estimate of drug-likeness (QED) is 0.467. The molecule has 178 valence electrons. The lowest BCUT2D eigenvalue weighted by Crippen LogP contribution is -2.36. The largest absolute Gasteiger partial charge is 0.477 e. The summed E-state index contributed by atoms with van der Waals surface area (Å²) in [5.41, 5.74) is 11.7. The van der Waals surface area contributed by atoms with E-state index in [1.54, 1.807) is 5.38 Å². The number of carbonyl (C=O) groups is 1. The van der Waals surface area contributed by atoms with Gasteiger partial charge in [-0.2, -0.15) is 4.39 Å². The van der Waals surface area contributed by atoms with Gasteiger partial charge in [-0.1, -0.05) is 12.8 Å². The van der Waals surface area contributed by atoms with Gasteiger partial charge in [-0.15, -0.1) is 23.7 Å². The molecule has 0 saturated carbocycles. The highest BCUT2D eigenvalue weighted by Gasteiger charge is 2.25. The number of ether oxygens (including phenoxy) is 2. The molecule has 32 heavy (non-hydrogen) atoms. The Hall–Kier alpha value is -2.01. The number of morpholine rings is 1. The van der Waals surface area contributed by atoms with Gasteiger partial charge in [0.15, 0.2) is 22.8 Å². The van der Waals surface area contributed by atoms with Gasteiger partial charge in [0.05, 0.1) is 18.9 Å². The fourth-order valence-electron chi connectivity index (χ4n) is 3.37. The second-order valence-electron chi connectivity index (χ2n) is 7.35. The molecule has 1 aromatic heterocycles. The minimum absolute atomic E-state index is 0. The number of benzene rings is 1. The Balaban J connectivity index is 0.00000363. The lowest BCUT2D eigenvalue weighted by Gasteiger charge is -2.26. The van der Waals surface area contributed by atoms with Crippen molar-refractivity contribution < 1.29 is 23.0 Å². The normalized spacial score (nSPS) is 14.7. The molecule has 1 aromatic carbocycles. The van der Waals surface area contributed by atoms with Crippen molar-refractivity contribution in [3.63, 3.8) is 0 Å². The number of thiazole rings is 1. The van der Waals surface area contributed by atoms with E-state index < -0.39 is 23.6 Å². The van der Waals surface area contributed by atoms with Crippen LogP contribution in [0.25, 0.3) is 11.3 Å². The van der Waals surface area contributed by atoms with Crippen LogP contribution in [0.3, 0.4) is 0 Å². The predicted molar refractivity (Wildman–Crippen MR) is 123 cm³/mol. The van der Waals surface area contributed by atoms with Crippen LogP contribution in [0.2, 0.25) is 0 Å². The summed E-state index contributed by atoms with van der Waals surface area (Å²) >= 11 is 1.40. The summed E-state index contributed by atoms with van der Waals surface area (Å²) in [6, 6.07) is 2.43. The smallest absolute Gasteiger partial charge is 0.258 e. The van der Waals surface area contributed by atoms with Crippen LogP contribution >= 0.6 is 23.7 Å². The molecular formula is C21H29ClF2N4O3S. The number of nitrogens with two attached hydrogens (primary N) is 2. The molecule has 3 rings (SSSR count). The van der Waals surface area contributed by atoms with Gasteiger partial charge in [-0.3, -0.25) is 4.79 Å². The highest BCUT2D eigenvalue weighted by Crippen LogP contribution is 2.37. The first-order valence-corrected chi connectivity index (χ1v) is 11.3. The topological polar surface area (TPSA) is 104 Å². The Morgan fingerprint density at radius 1 is 1.22 bits per heavy atom. The number of rotatable bonds is 11. The SMILES string of the molecule is Cl.NCCCCCCC(Oc1c(-c2csc(N3CCOCC3)n2)ccc(F)c1F)C(N)=O. The van der Waals surface area contributed by atoms with E-state index in [9.17, 15) is 13.6 Å². The highest BCUT2D eigenvalue weighted by molar-refractivity contribution is 7.14. The number of unbranched alkanes of at least 4 members (excludes halogenated alkanes) is 3. The lowest BCUT2D eigenvalue weighted by atomic mass is 10.1. The molecule has 1 saturated heterocycles. The van der Waals surface area contributed by atoms with Crippen LogP contribution in [0.1, 0.15) is 32.1 Å². The van der Waals surface area contributed by atoms with Gasteiger partial charge in [0.2, 0.25) is 5.82 Å². The molecule has 0 aliphatic carbocycles. The number of amides is 1. The van der Waals surface area contributed by atoms with Gasteiger partial charge in [-0.05, 0) is 37.9 Å². The second kappa shape index (κ2) is 12.9. The predicted octanol–water partition coefficient (Wildman–Crippen LogP) is 3.49. The molecular weight excluding hydrogens is 462 g/mol. The average molecular weight is 491 g/mol. The maximum atomic E-state index is 14.7. The molecule has 0 bridgehead atoms. The molecule has 1 fully saturated rings. The van der Waals surface area contributed by atoms with E-state index >= 15 is 0 Å². The van der Waals surface area contributed by atoms with E-state index in [4.69, 9.17) is 20.9 Å². The van der Waals surface area contributed by atoms with Crippen molar-refractivity contribution in [2.75, 3.05) is 37.7 Å². The monoisotopic (exact) mass is 490 g/mol. The van der Waals surface area contributed by atoms with Crippen LogP contribution in [0.5, 0.6) is 5.75 Å². The summed E-state index contributed by atoms with van der Waals surface area (Å²) in [4.78, 5) is 18.6. The number of carbonyl (C=O) groups excluding carboxylic acids is 1. The van der Waals surface area contributed by atoms with Gasteiger partial charge in [-0.25, -0.2) is 9.37 Å². The van der Waals surface area contributed by atoms with E-state index in [1.165, 1.54) is 17.4 Å². The van der Waals surface area contributed by atoms with Gasteiger partial charge < -0.3 is 25.8 Å². The van der Waals surface area contributed by atoms with Crippen molar-refractivity contribution in [2.45, 2.75) is 38.2 Å². The van der Waals surface area contributed by atoms with Gasteiger partial charge in [0.1, 0.15) is 0 Å². The molecule has 2 heterocycles. The lowest BCUT2D eigenvalue weighted by molar-refractivity contribution is -0.125. The van der Waals surface area contributed by atoms with Crippen LogP contribution in [0.4, 0.5) is 13.9 Å². The number of hydrogen-bond donors (Lipinski definition) is 2. The van der Waals surface area contributed by atoms with Gasteiger partial charge in [0.25, 0.3) is 5.91 Å². The molecule has 7 nitrogen and oxygen atoms in total. The van der Waals surface area contributed by atoms with Crippen LogP contribution in [0, 0.1) is 11.6 Å². The number of primary amides is 1. The Kier molecular flexibility index (Phi) is 10.6. The fourth-order valence-corrected chi connectivity index (χ4v) is 4.25. The van der Waals surface area contributed by atoms with Crippen LogP contribution in [-0.2, 0) is 9.53 Å². The zero-order valence-corrected chi connectivity index (χ0v) is 19.4. The minimum Gasteiger partial charge on any atom is -0.477 e. The number of aromatic nitrogens is 1. The molecule has 4 N–H and O–H groups in total. The molecule has 1 atom stereocenters. The summed E-state index contributed by atoms with van der Waals surface area (Å²) in [5.74, 6) is -3.29. The molecule has 1 aliphatic heterocycles. The van der Waals surface area contributed by atoms with Crippen molar-refractivity contribution in [1.29, 1.82) is 0 Å². The number of halogens is 3. The van der Waals surface area contributed by atoms with E-state index in [0.29, 0.717) is 51.4 Å². The number of anilines is 1. The summed E-state index contributed by atoms with van der Waals surface area (Å²) in [5, 5.41) is 2.52. The third kappa shape index (κ3) is 6.74. The van der Waals surface area contributed by atoms with Crippen LogP contribution in [-0.4, -0.2) is 49.8 Å². The van der Waals surface area contributed by atoms with E-state index in [-0.39, 0.29) is 23.7 Å². The molecule has 11 heteroatoms. The molecule has 2 aromatic rings. The summed E-state index contributed by atoms with van der Waals surface area (Å²) in [7, 11) is 0. The zero-order chi connectivity index (χ0) is 22.2. The van der Waals surface area contributed by atoms with E-state index in [0.717, 1.165) is 30.5 Å². The maximum absolute atomic E-state index is 14.7. The first-order chi connectivity index (χ1) is 15.0. The van der Waals surface area contributed by atoms with Crippen molar-refractivity contribution in [1.82, 2.24) is 4.98 Å².